The molecular weight excluding hydrogens is 287 g/mol. The molecule has 0 atom stereocenters. The molecule has 0 fully saturated rings. The third-order valence-corrected chi connectivity index (χ3v) is 7.85. The van der Waals surface area contributed by atoms with Gasteiger partial charge in [-0.1, -0.05) is 85.0 Å². The topological polar surface area (TPSA) is 0 Å². The van der Waals surface area contributed by atoms with Crippen LogP contribution in [0.5, 0.6) is 0 Å². The summed E-state index contributed by atoms with van der Waals surface area (Å²) in [6, 6.07) is 32.6. The van der Waals surface area contributed by atoms with E-state index >= 15 is 0 Å². The van der Waals surface area contributed by atoms with Gasteiger partial charge in [0.1, 0.15) is 0 Å². The van der Waals surface area contributed by atoms with Crippen molar-refractivity contribution in [2.75, 3.05) is 0 Å². The van der Waals surface area contributed by atoms with E-state index in [0.717, 1.165) is 0 Å². The van der Waals surface area contributed by atoms with Gasteiger partial charge in [-0.25, -0.2) is 0 Å². The van der Waals surface area contributed by atoms with E-state index in [1.54, 1.807) is 0 Å². The van der Waals surface area contributed by atoms with Crippen molar-refractivity contribution >= 4 is 13.3 Å². The summed E-state index contributed by atoms with van der Waals surface area (Å²) in [5.74, 6) is 0. The molecule has 0 aliphatic carbocycles. The van der Waals surface area contributed by atoms with Crippen LogP contribution in [0.4, 0.5) is 0 Å². The van der Waals surface area contributed by atoms with E-state index in [9.17, 15) is 0 Å². The Kier molecular flexibility index (Phi) is 5.96. The quantitative estimate of drug-likeness (QED) is 0.509. The molecule has 0 aromatic heterocycles. The molecule has 0 amide bonds. The van der Waals surface area contributed by atoms with Gasteiger partial charge in [0.25, 0.3) is 0 Å². The van der Waals surface area contributed by atoms with Crippen molar-refractivity contribution in [2.45, 2.75) is 13.1 Å². The van der Waals surface area contributed by atoms with Crippen molar-refractivity contribution < 1.29 is 18.9 Å². The zero-order valence-electron chi connectivity index (χ0n) is 14.2. The first-order valence-corrected chi connectivity index (χ1v) is 10.7. The van der Waals surface area contributed by atoms with E-state index in [-0.39, 0.29) is 18.9 Å². The van der Waals surface area contributed by atoms with Crippen LogP contribution in [0.3, 0.4) is 0 Å². The van der Waals surface area contributed by atoms with Gasteiger partial charge in [-0.05, 0) is 0 Å². The van der Waals surface area contributed by atoms with Crippen molar-refractivity contribution in [3.05, 3.63) is 108 Å². The summed E-state index contributed by atoms with van der Waals surface area (Å²) in [5, 5.41) is 1.47. The Hall–Kier alpha value is -1.66. The van der Waals surface area contributed by atoms with Crippen LogP contribution in [0, 0.1) is 5.54 Å². The molecule has 0 radical (unpaired) electrons. The van der Waals surface area contributed by atoms with E-state index in [4.69, 9.17) is 0 Å². The van der Waals surface area contributed by atoms with Gasteiger partial charge < -0.3 is 0 Å². The second-order valence-corrected chi connectivity index (χ2v) is 10.4. The van der Waals surface area contributed by atoms with E-state index in [1.807, 2.05) is 0 Å². The first-order chi connectivity index (χ1) is 10.7. The predicted octanol–water partition coefficient (Wildman–Crippen LogP) is 1.82. The minimum atomic E-state index is -1.77. The number of benzene rings is 3. The molecule has 0 aliphatic rings. The van der Waals surface area contributed by atoms with Crippen LogP contribution in [0.15, 0.2) is 91.0 Å². The Balaban J connectivity index is 0.00000192. The summed E-state index contributed by atoms with van der Waals surface area (Å²) in [7, 11) is -1.77. The summed E-state index contributed by atoms with van der Waals surface area (Å²) >= 11 is 0. The number of rotatable bonds is 4. The molecule has 110 valence electrons. The van der Waals surface area contributed by atoms with Crippen LogP contribution in [-0.2, 0) is 0 Å². The predicted molar refractivity (Wildman–Crippen MR) is 97.9 cm³/mol. The van der Waals surface area contributed by atoms with Crippen LogP contribution in [-0.4, -0.2) is 8.07 Å². The minimum absolute atomic E-state index is 0. The van der Waals surface area contributed by atoms with Crippen LogP contribution in [0.25, 0.3) is 0 Å². The van der Waals surface area contributed by atoms with Crippen LogP contribution < -0.4 is 24.0 Å². The summed E-state index contributed by atoms with van der Waals surface area (Å²) in [6.45, 7) is 4.88. The van der Waals surface area contributed by atoms with Gasteiger partial charge in [-0.15, -0.1) is 40.9 Å². The molecule has 3 aromatic rings. The zero-order chi connectivity index (χ0) is 15.4. The molecule has 3 rings (SSSR count). The van der Waals surface area contributed by atoms with Gasteiger partial charge >= 0.3 is 18.9 Å². The van der Waals surface area contributed by atoms with Crippen LogP contribution in [0.1, 0.15) is 11.1 Å². The maximum atomic E-state index is 2.44. The molecule has 0 saturated carbocycles. The van der Waals surface area contributed by atoms with Crippen molar-refractivity contribution in [1.29, 1.82) is 0 Å². The molecule has 23 heavy (non-hydrogen) atoms. The maximum absolute atomic E-state index is 2.44. The second kappa shape index (κ2) is 7.75. The fourth-order valence-corrected chi connectivity index (χ4v) is 6.19. The van der Waals surface area contributed by atoms with Gasteiger partial charge in [0, 0.05) is 0 Å². The zero-order valence-corrected chi connectivity index (χ0v) is 15.2. The fraction of sp³-hybridized carbons (Fsp3) is 0.0952. The first-order valence-electron chi connectivity index (χ1n) is 7.73. The molecule has 0 bridgehead atoms. The van der Waals surface area contributed by atoms with E-state index in [1.165, 1.54) is 21.9 Å². The summed E-state index contributed by atoms with van der Waals surface area (Å²) in [5.41, 5.74) is 4.18. The molecule has 0 heterocycles. The third kappa shape index (κ3) is 3.82. The Labute approximate surface area is 152 Å². The molecule has 2 heteroatoms. The van der Waals surface area contributed by atoms with Crippen LogP contribution in [0.2, 0.25) is 13.1 Å². The van der Waals surface area contributed by atoms with Crippen molar-refractivity contribution in [1.82, 2.24) is 0 Å². The van der Waals surface area contributed by atoms with Crippen molar-refractivity contribution in [3.63, 3.8) is 0 Å². The maximum Gasteiger partial charge on any atom is 1.00 e. The molecular formula is C21H21LiSi. The molecule has 0 unspecified atom stereocenters. The number of hydrogen-bond acceptors (Lipinski definition) is 0. The Morgan fingerprint density at radius 1 is 0.565 bits per heavy atom. The SMILES string of the molecule is C[Si](C)(c1ccccc1)[C-](c1ccccc1)c1ccccc1.[Li+]. The third-order valence-electron chi connectivity index (χ3n) is 4.25. The normalized spacial score (nSPS) is 10.7. The monoisotopic (exact) mass is 308 g/mol. The second-order valence-electron chi connectivity index (χ2n) is 6.10. The van der Waals surface area contributed by atoms with Gasteiger partial charge in [0.15, 0.2) is 0 Å². The largest absolute Gasteiger partial charge is 1.00 e. The average Bonchev–Trinajstić information content (AvgIpc) is 2.58. The van der Waals surface area contributed by atoms with Gasteiger partial charge in [-0.2, -0.15) is 0 Å². The van der Waals surface area contributed by atoms with E-state index in [2.05, 4.69) is 104 Å². The molecule has 0 N–H and O–H groups in total. The Bertz CT molecular complexity index is 669. The average molecular weight is 308 g/mol. The van der Waals surface area contributed by atoms with Crippen LogP contribution >= 0.6 is 0 Å². The minimum Gasteiger partial charge on any atom is -0.122 e. The smallest absolute Gasteiger partial charge is 0.122 e. The Morgan fingerprint density at radius 2 is 0.913 bits per heavy atom. The molecule has 3 aromatic carbocycles. The fourth-order valence-electron chi connectivity index (χ4n) is 3.10. The first kappa shape index (κ1) is 17.7. The van der Waals surface area contributed by atoms with E-state index in [0.29, 0.717) is 0 Å². The Morgan fingerprint density at radius 3 is 1.30 bits per heavy atom. The van der Waals surface area contributed by atoms with Gasteiger partial charge in [0.05, 0.1) is 8.07 Å². The standard InChI is InChI=1S/C21H21Si.Li/c1-22(2,20-16-10-5-11-17-20)21(18-12-6-3-7-13-18)19-14-8-4-9-15-19;/h3-17H,1-2H3;/q-1;+1. The molecule has 0 nitrogen and oxygen atoms in total. The van der Waals surface area contributed by atoms with Gasteiger partial charge in [0.2, 0.25) is 0 Å². The summed E-state index contributed by atoms with van der Waals surface area (Å²) in [4.78, 5) is 0. The summed E-state index contributed by atoms with van der Waals surface area (Å²) < 4.78 is 0. The molecule has 0 aliphatic heterocycles. The van der Waals surface area contributed by atoms with Crippen molar-refractivity contribution in [3.8, 4) is 0 Å². The summed E-state index contributed by atoms with van der Waals surface area (Å²) in [6.07, 6.45) is 0. The molecule has 0 saturated heterocycles. The van der Waals surface area contributed by atoms with Gasteiger partial charge in [-0.3, -0.25) is 0 Å². The van der Waals surface area contributed by atoms with E-state index < -0.39 is 8.07 Å². The van der Waals surface area contributed by atoms with Crippen molar-refractivity contribution in [2.24, 2.45) is 0 Å². The number of hydrogen-bond donors (Lipinski definition) is 0. The molecule has 0 spiro atoms.